The molecule has 1 unspecified atom stereocenters. The highest BCUT2D eigenvalue weighted by Crippen LogP contribution is 2.30. The maximum atomic E-state index is 12.6. The van der Waals surface area contributed by atoms with E-state index in [1.807, 2.05) is 18.2 Å². The van der Waals surface area contributed by atoms with Crippen LogP contribution in [0.2, 0.25) is 0 Å². The van der Waals surface area contributed by atoms with Gasteiger partial charge in [0.05, 0.1) is 25.0 Å². The van der Waals surface area contributed by atoms with Gasteiger partial charge in [-0.1, -0.05) is 12.1 Å². The first-order chi connectivity index (χ1) is 13.7. The zero-order valence-corrected chi connectivity index (χ0v) is 16.3. The first kappa shape index (κ1) is 18.6. The van der Waals surface area contributed by atoms with Crippen LogP contribution in [-0.2, 0) is 0 Å². The van der Waals surface area contributed by atoms with Gasteiger partial charge in [0.25, 0.3) is 5.91 Å². The number of piperidine rings is 1. The van der Waals surface area contributed by atoms with E-state index in [0.29, 0.717) is 17.4 Å². The predicted octanol–water partition coefficient (Wildman–Crippen LogP) is 3.28. The average Bonchev–Trinajstić information content (AvgIpc) is 3.57. The monoisotopic (exact) mass is 381 g/mol. The van der Waals surface area contributed by atoms with Crippen LogP contribution < -0.4 is 19.7 Å². The molecule has 1 amide bonds. The molecule has 2 aromatic rings. The standard InChI is InChI=1S/C22H27N3O3/c1-27-20-7-3-2-6-19(20)25-12-4-5-18(14-25)24-22(26)17-10-11-21(23-13-17)28-15-16-8-9-16/h2-3,6-7,10-11,13,16,18H,4-5,8-9,12,14-15H2,1H3,(H,24,26). The third-order valence-corrected chi connectivity index (χ3v) is 5.34. The normalized spacial score (nSPS) is 19.2. The van der Waals surface area contributed by atoms with Crippen LogP contribution in [0.1, 0.15) is 36.0 Å². The summed E-state index contributed by atoms with van der Waals surface area (Å²) < 4.78 is 11.1. The molecular formula is C22H27N3O3. The highest BCUT2D eigenvalue weighted by molar-refractivity contribution is 5.94. The van der Waals surface area contributed by atoms with Crippen LogP contribution in [0, 0.1) is 5.92 Å². The second-order valence-electron chi connectivity index (χ2n) is 7.57. The average molecular weight is 381 g/mol. The number of ether oxygens (including phenoxy) is 2. The van der Waals surface area contributed by atoms with E-state index in [4.69, 9.17) is 9.47 Å². The summed E-state index contributed by atoms with van der Waals surface area (Å²) in [5, 5.41) is 3.15. The van der Waals surface area contributed by atoms with Crippen LogP contribution in [0.4, 0.5) is 5.69 Å². The summed E-state index contributed by atoms with van der Waals surface area (Å²) in [5.41, 5.74) is 1.64. The number of hydrogen-bond acceptors (Lipinski definition) is 5. The molecule has 1 aliphatic carbocycles. The smallest absolute Gasteiger partial charge is 0.253 e. The van der Waals surface area contributed by atoms with Gasteiger partial charge in [-0.15, -0.1) is 0 Å². The van der Waals surface area contributed by atoms with Crippen LogP contribution in [0.3, 0.4) is 0 Å². The van der Waals surface area contributed by atoms with Gasteiger partial charge in [-0.25, -0.2) is 4.98 Å². The summed E-state index contributed by atoms with van der Waals surface area (Å²) in [5.74, 6) is 2.04. The molecule has 6 heteroatoms. The summed E-state index contributed by atoms with van der Waals surface area (Å²) in [6.45, 7) is 2.45. The second-order valence-corrected chi connectivity index (χ2v) is 7.57. The SMILES string of the molecule is COc1ccccc1N1CCCC(NC(=O)c2ccc(OCC3CC3)nc2)C1. The van der Waals surface area contributed by atoms with Gasteiger partial charge >= 0.3 is 0 Å². The van der Waals surface area contributed by atoms with Gasteiger partial charge in [-0.3, -0.25) is 4.79 Å². The zero-order chi connectivity index (χ0) is 19.3. The number of carbonyl (C=O) groups excluding carboxylic acids is 1. The predicted molar refractivity (Wildman–Crippen MR) is 108 cm³/mol. The van der Waals surface area contributed by atoms with Crippen molar-refractivity contribution in [1.82, 2.24) is 10.3 Å². The van der Waals surface area contributed by atoms with Crippen LogP contribution >= 0.6 is 0 Å². The number of hydrogen-bond donors (Lipinski definition) is 1. The second kappa shape index (κ2) is 8.50. The lowest BCUT2D eigenvalue weighted by Crippen LogP contribution is -2.47. The van der Waals surface area contributed by atoms with Gasteiger partial charge in [0.15, 0.2) is 0 Å². The number of aromatic nitrogens is 1. The van der Waals surface area contributed by atoms with Gasteiger partial charge in [-0.2, -0.15) is 0 Å². The van der Waals surface area contributed by atoms with E-state index in [9.17, 15) is 4.79 Å². The molecule has 1 atom stereocenters. The Balaban J connectivity index is 1.34. The molecule has 0 bridgehead atoms. The first-order valence-corrected chi connectivity index (χ1v) is 10.0. The number of nitrogens with zero attached hydrogens (tertiary/aromatic N) is 2. The number of para-hydroxylation sites is 2. The molecule has 0 spiro atoms. The summed E-state index contributed by atoms with van der Waals surface area (Å²) in [4.78, 5) is 19.2. The minimum atomic E-state index is -0.0897. The lowest BCUT2D eigenvalue weighted by molar-refractivity contribution is 0.0932. The molecule has 4 rings (SSSR count). The number of amides is 1. The Bertz CT molecular complexity index is 805. The van der Waals surface area contributed by atoms with Crippen LogP contribution in [0.5, 0.6) is 11.6 Å². The lowest BCUT2D eigenvalue weighted by atomic mass is 10.0. The number of carbonyl (C=O) groups is 1. The quantitative estimate of drug-likeness (QED) is 0.797. The van der Waals surface area contributed by atoms with E-state index in [1.165, 1.54) is 12.8 Å². The molecule has 6 nitrogen and oxygen atoms in total. The van der Waals surface area contributed by atoms with Gasteiger partial charge in [-0.05, 0) is 49.8 Å². The van der Waals surface area contributed by atoms with Crippen molar-refractivity contribution in [2.45, 2.75) is 31.7 Å². The van der Waals surface area contributed by atoms with E-state index < -0.39 is 0 Å². The van der Waals surface area contributed by atoms with Gasteiger partial charge in [0.1, 0.15) is 5.75 Å². The minimum Gasteiger partial charge on any atom is -0.495 e. The largest absolute Gasteiger partial charge is 0.495 e. The lowest BCUT2D eigenvalue weighted by Gasteiger charge is -2.35. The summed E-state index contributed by atoms with van der Waals surface area (Å²) >= 11 is 0. The number of pyridine rings is 1. The number of benzene rings is 1. The minimum absolute atomic E-state index is 0.0897. The maximum Gasteiger partial charge on any atom is 0.253 e. The van der Waals surface area contributed by atoms with E-state index >= 15 is 0 Å². The molecule has 1 N–H and O–H groups in total. The molecule has 2 fully saturated rings. The maximum absolute atomic E-state index is 12.6. The molecule has 1 aliphatic heterocycles. The summed E-state index contributed by atoms with van der Waals surface area (Å²) in [6.07, 6.45) is 6.07. The summed E-state index contributed by atoms with van der Waals surface area (Å²) in [6, 6.07) is 11.7. The highest BCUT2D eigenvalue weighted by Gasteiger charge is 2.24. The van der Waals surface area contributed by atoms with E-state index in [0.717, 1.165) is 44.0 Å². The molecule has 1 aromatic heterocycles. The van der Waals surface area contributed by atoms with Crippen molar-refractivity contribution in [2.75, 3.05) is 31.7 Å². The highest BCUT2D eigenvalue weighted by atomic mass is 16.5. The van der Waals surface area contributed by atoms with Crippen molar-refractivity contribution in [3.05, 3.63) is 48.2 Å². The van der Waals surface area contributed by atoms with Gasteiger partial charge in [0.2, 0.25) is 5.88 Å². The van der Waals surface area contributed by atoms with E-state index in [-0.39, 0.29) is 11.9 Å². The van der Waals surface area contributed by atoms with E-state index in [2.05, 4.69) is 21.3 Å². The van der Waals surface area contributed by atoms with Gasteiger partial charge < -0.3 is 19.7 Å². The molecule has 28 heavy (non-hydrogen) atoms. The van der Waals surface area contributed by atoms with Crippen molar-refractivity contribution in [3.8, 4) is 11.6 Å². The fraction of sp³-hybridized carbons (Fsp3) is 0.455. The third kappa shape index (κ3) is 4.55. The molecule has 148 valence electrons. The number of methoxy groups -OCH3 is 1. The molecule has 1 saturated carbocycles. The Kier molecular flexibility index (Phi) is 5.65. The molecule has 1 saturated heterocycles. The third-order valence-electron chi connectivity index (χ3n) is 5.34. The van der Waals surface area contributed by atoms with Crippen molar-refractivity contribution >= 4 is 11.6 Å². The zero-order valence-electron chi connectivity index (χ0n) is 16.3. The van der Waals surface area contributed by atoms with Crippen LogP contribution in [0.25, 0.3) is 0 Å². The first-order valence-electron chi connectivity index (χ1n) is 10.0. The Hall–Kier alpha value is -2.76. The van der Waals surface area contributed by atoms with Gasteiger partial charge in [0, 0.05) is 31.4 Å². The molecule has 2 heterocycles. The number of nitrogens with one attached hydrogen (secondary N) is 1. The van der Waals surface area contributed by atoms with Crippen LogP contribution in [0.15, 0.2) is 42.6 Å². The Morgan fingerprint density at radius 1 is 1.21 bits per heavy atom. The molecule has 2 aliphatic rings. The fourth-order valence-corrected chi connectivity index (χ4v) is 3.56. The van der Waals surface area contributed by atoms with E-state index in [1.54, 1.807) is 25.4 Å². The summed E-state index contributed by atoms with van der Waals surface area (Å²) in [7, 11) is 1.69. The Morgan fingerprint density at radius 2 is 2.07 bits per heavy atom. The van der Waals surface area contributed by atoms with Crippen molar-refractivity contribution < 1.29 is 14.3 Å². The van der Waals surface area contributed by atoms with Crippen molar-refractivity contribution in [3.63, 3.8) is 0 Å². The molecule has 0 radical (unpaired) electrons. The Morgan fingerprint density at radius 3 is 2.82 bits per heavy atom. The number of anilines is 1. The fourth-order valence-electron chi connectivity index (χ4n) is 3.56. The molecule has 1 aromatic carbocycles. The van der Waals surface area contributed by atoms with Crippen molar-refractivity contribution in [2.24, 2.45) is 5.92 Å². The van der Waals surface area contributed by atoms with Crippen LogP contribution in [-0.4, -0.2) is 43.7 Å². The van der Waals surface area contributed by atoms with Crippen molar-refractivity contribution in [1.29, 1.82) is 0 Å². The Labute approximate surface area is 165 Å². The molecular weight excluding hydrogens is 354 g/mol. The number of rotatable bonds is 7. The topological polar surface area (TPSA) is 63.7 Å².